The highest BCUT2D eigenvalue weighted by Gasteiger charge is 2.16. The number of benzene rings is 2. The number of para-hydroxylation sites is 1. The van der Waals surface area contributed by atoms with Gasteiger partial charge in [-0.1, -0.05) is 18.2 Å². The Balaban J connectivity index is 1.80. The molecule has 0 aliphatic carbocycles. The molecule has 0 unspecified atom stereocenters. The minimum Gasteiger partial charge on any atom is -0.340 e. The Hall–Kier alpha value is -4.27. The molecule has 5 aromatic rings. The number of hydrogen-bond acceptors (Lipinski definition) is 6. The maximum atomic E-state index is 13.8. The maximum Gasteiger partial charge on any atom is 0.266 e. The Kier molecular flexibility index (Phi) is 4.13. The van der Waals surface area contributed by atoms with E-state index in [0.717, 1.165) is 0 Å². The van der Waals surface area contributed by atoms with Gasteiger partial charge >= 0.3 is 0 Å². The topological polar surface area (TPSA) is 102 Å². The molecular formula is C21H14FN7O. The van der Waals surface area contributed by atoms with Crippen molar-refractivity contribution in [2.45, 2.75) is 6.92 Å². The SMILES string of the molecule is CC(=Nc1ncnc2nc[nH]c12)c1nc2ccc(F)cc2c(=O)n1-c1ccccc1. The van der Waals surface area contributed by atoms with E-state index in [1.165, 1.54) is 35.4 Å². The predicted octanol–water partition coefficient (Wildman–Crippen LogP) is 3.33. The van der Waals surface area contributed by atoms with Crippen LogP contribution in [0.15, 0.2) is 71.0 Å². The zero-order valence-electron chi connectivity index (χ0n) is 15.7. The molecule has 0 radical (unpaired) electrons. The summed E-state index contributed by atoms with van der Waals surface area (Å²) in [4.78, 5) is 37.8. The number of imidazole rings is 1. The van der Waals surface area contributed by atoms with E-state index in [4.69, 9.17) is 0 Å². The van der Waals surface area contributed by atoms with Gasteiger partial charge in [-0.2, -0.15) is 0 Å². The molecule has 2 aromatic carbocycles. The number of nitrogens with one attached hydrogen (secondary N) is 1. The quantitative estimate of drug-likeness (QED) is 0.469. The molecule has 146 valence electrons. The Morgan fingerprint density at radius 2 is 1.93 bits per heavy atom. The normalized spacial score (nSPS) is 12.0. The lowest BCUT2D eigenvalue weighted by Gasteiger charge is -2.13. The van der Waals surface area contributed by atoms with Crippen LogP contribution in [-0.2, 0) is 0 Å². The first-order chi connectivity index (χ1) is 14.6. The number of aliphatic imine (C=N–C) groups is 1. The molecule has 0 amide bonds. The van der Waals surface area contributed by atoms with Crippen molar-refractivity contribution in [1.29, 1.82) is 0 Å². The number of fused-ring (bicyclic) bond motifs is 2. The van der Waals surface area contributed by atoms with Crippen LogP contribution in [0.25, 0.3) is 27.8 Å². The van der Waals surface area contributed by atoms with Crippen molar-refractivity contribution in [2.24, 2.45) is 4.99 Å². The highest BCUT2D eigenvalue weighted by atomic mass is 19.1. The molecule has 0 aliphatic rings. The molecule has 0 fully saturated rings. The molecule has 8 nitrogen and oxygen atoms in total. The van der Waals surface area contributed by atoms with Crippen LogP contribution in [0.2, 0.25) is 0 Å². The second-order valence-electron chi connectivity index (χ2n) is 6.57. The minimum absolute atomic E-state index is 0.188. The van der Waals surface area contributed by atoms with Crippen molar-refractivity contribution in [3.63, 3.8) is 0 Å². The second kappa shape index (κ2) is 6.96. The molecule has 0 spiro atoms. The van der Waals surface area contributed by atoms with Gasteiger partial charge in [0.25, 0.3) is 5.56 Å². The first-order valence-corrected chi connectivity index (χ1v) is 9.09. The van der Waals surface area contributed by atoms with Crippen LogP contribution in [0.3, 0.4) is 0 Å². The van der Waals surface area contributed by atoms with Crippen LogP contribution in [0.4, 0.5) is 10.2 Å². The van der Waals surface area contributed by atoms with Crippen molar-refractivity contribution in [1.82, 2.24) is 29.5 Å². The van der Waals surface area contributed by atoms with E-state index in [9.17, 15) is 9.18 Å². The van der Waals surface area contributed by atoms with Gasteiger partial charge in [-0.05, 0) is 37.3 Å². The van der Waals surface area contributed by atoms with Crippen molar-refractivity contribution < 1.29 is 4.39 Å². The van der Waals surface area contributed by atoms with E-state index in [2.05, 4.69) is 29.9 Å². The molecule has 9 heteroatoms. The first kappa shape index (κ1) is 17.8. The third-order valence-corrected chi connectivity index (χ3v) is 4.64. The Morgan fingerprint density at radius 1 is 1.10 bits per heavy atom. The largest absolute Gasteiger partial charge is 0.340 e. The lowest BCUT2D eigenvalue weighted by Crippen LogP contribution is -2.26. The molecule has 3 heterocycles. The smallest absolute Gasteiger partial charge is 0.266 e. The van der Waals surface area contributed by atoms with E-state index in [1.807, 2.05) is 18.2 Å². The zero-order chi connectivity index (χ0) is 20.7. The van der Waals surface area contributed by atoms with Gasteiger partial charge < -0.3 is 4.98 Å². The minimum atomic E-state index is -0.498. The number of halogens is 1. The van der Waals surface area contributed by atoms with E-state index in [0.29, 0.717) is 39.7 Å². The third-order valence-electron chi connectivity index (χ3n) is 4.64. The molecule has 0 bridgehead atoms. The van der Waals surface area contributed by atoms with Gasteiger partial charge in [-0.15, -0.1) is 0 Å². The Bertz CT molecular complexity index is 1490. The zero-order valence-corrected chi connectivity index (χ0v) is 15.7. The summed E-state index contributed by atoms with van der Waals surface area (Å²) in [6.45, 7) is 1.74. The summed E-state index contributed by atoms with van der Waals surface area (Å²) in [5, 5.41) is 0.188. The Labute approximate surface area is 168 Å². The average molecular weight is 399 g/mol. The van der Waals surface area contributed by atoms with Gasteiger partial charge in [0.2, 0.25) is 0 Å². The molecule has 5 rings (SSSR count). The van der Waals surface area contributed by atoms with E-state index in [-0.39, 0.29) is 10.9 Å². The molecule has 0 aliphatic heterocycles. The number of nitrogens with zero attached hydrogens (tertiary/aromatic N) is 6. The lowest BCUT2D eigenvalue weighted by molar-refractivity contribution is 0.629. The van der Waals surface area contributed by atoms with Crippen LogP contribution in [0.5, 0.6) is 0 Å². The average Bonchev–Trinajstić information content (AvgIpc) is 3.24. The summed E-state index contributed by atoms with van der Waals surface area (Å²) in [6, 6.07) is 13.0. The number of aromatic nitrogens is 6. The van der Waals surface area contributed by atoms with Crippen LogP contribution >= 0.6 is 0 Å². The van der Waals surface area contributed by atoms with Gasteiger partial charge in [0.05, 0.1) is 28.6 Å². The monoisotopic (exact) mass is 399 g/mol. The van der Waals surface area contributed by atoms with E-state index >= 15 is 0 Å². The van der Waals surface area contributed by atoms with Gasteiger partial charge in [0.1, 0.15) is 17.7 Å². The van der Waals surface area contributed by atoms with Crippen LogP contribution in [-0.4, -0.2) is 35.2 Å². The fourth-order valence-electron chi connectivity index (χ4n) is 3.26. The van der Waals surface area contributed by atoms with Crippen molar-refractivity contribution >= 4 is 33.6 Å². The summed E-state index contributed by atoms with van der Waals surface area (Å²) < 4.78 is 15.2. The lowest BCUT2D eigenvalue weighted by atomic mass is 10.2. The van der Waals surface area contributed by atoms with Crippen molar-refractivity contribution in [2.75, 3.05) is 0 Å². The molecule has 1 N–H and O–H groups in total. The number of hydrogen-bond donors (Lipinski definition) is 1. The second-order valence-corrected chi connectivity index (χ2v) is 6.57. The summed E-state index contributed by atoms with van der Waals surface area (Å²) in [7, 11) is 0. The Morgan fingerprint density at radius 3 is 2.77 bits per heavy atom. The highest BCUT2D eigenvalue weighted by molar-refractivity contribution is 6.00. The molecule has 30 heavy (non-hydrogen) atoms. The van der Waals surface area contributed by atoms with Crippen molar-refractivity contribution in [3.8, 4) is 5.69 Å². The summed E-state index contributed by atoms with van der Waals surface area (Å²) in [5.41, 5.74) is 2.11. The molecular weight excluding hydrogens is 385 g/mol. The standard InChI is InChI=1S/C21H14FN7O/c1-12(27-19-17-18(24-10-23-17)25-11-26-19)20-28-16-8-7-13(22)9-15(16)21(30)29(20)14-5-3-2-4-6-14/h2-11H,1H3,(H,23,24,25,26). The van der Waals surface area contributed by atoms with Crippen LogP contribution in [0.1, 0.15) is 12.7 Å². The van der Waals surface area contributed by atoms with Crippen molar-refractivity contribution in [3.05, 3.63) is 83.2 Å². The van der Waals surface area contributed by atoms with Gasteiger partial charge in [-0.25, -0.2) is 29.3 Å². The first-order valence-electron chi connectivity index (χ1n) is 9.09. The molecule has 0 saturated heterocycles. The van der Waals surface area contributed by atoms with E-state index in [1.54, 1.807) is 19.1 Å². The number of rotatable bonds is 3. The highest BCUT2D eigenvalue weighted by Crippen LogP contribution is 2.20. The summed E-state index contributed by atoms with van der Waals surface area (Å²) >= 11 is 0. The van der Waals surface area contributed by atoms with Gasteiger partial charge in [0, 0.05) is 0 Å². The maximum absolute atomic E-state index is 13.8. The van der Waals surface area contributed by atoms with Crippen LogP contribution in [0, 0.1) is 5.82 Å². The fourth-order valence-corrected chi connectivity index (χ4v) is 3.26. The summed E-state index contributed by atoms with van der Waals surface area (Å²) in [6.07, 6.45) is 2.88. The predicted molar refractivity (Wildman–Crippen MR) is 111 cm³/mol. The van der Waals surface area contributed by atoms with Gasteiger partial charge in [0.15, 0.2) is 17.3 Å². The molecule has 0 saturated carbocycles. The summed E-state index contributed by atoms with van der Waals surface area (Å²) in [5.74, 6) is 0.210. The van der Waals surface area contributed by atoms with E-state index < -0.39 is 5.82 Å². The molecule has 0 atom stereocenters. The number of aromatic amines is 1. The number of H-pyrrole nitrogens is 1. The van der Waals surface area contributed by atoms with Gasteiger partial charge in [-0.3, -0.25) is 9.36 Å². The third kappa shape index (κ3) is 2.93. The van der Waals surface area contributed by atoms with Crippen LogP contribution < -0.4 is 5.56 Å². The fraction of sp³-hybridized carbons (Fsp3) is 0.0476. The molecule has 3 aromatic heterocycles.